The van der Waals surface area contributed by atoms with Crippen LogP contribution in [0.5, 0.6) is 0 Å². The number of hydrogen-bond acceptors (Lipinski definition) is 4. The molecule has 1 fully saturated rings. The van der Waals surface area contributed by atoms with Crippen LogP contribution >= 0.6 is 0 Å². The normalized spacial score (nSPS) is 19.4. The molecule has 0 bridgehead atoms. The summed E-state index contributed by atoms with van der Waals surface area (Å²) in [4.78, 5) is 29.9. The van der Waals surface area contributed by atoms with Gasteiger partial charge in [-0.05, 0) is 12.8 Å². The predicted octanol–water partition coefficient (Wildman–Crippen LogP) is -0.955. The van der Waals surface area contributed by atoms with Crippen LogP contribution in [-0.4, -0.2) is 30.1 Å². The van der Waals surface area contributed by atoms with Gasteiger partial charge in [-0.3, -0.25) is 0 Å². The summed E-state index contributed by atoms with van der Waals surface area (Å²) in [6.07, 6.45) is 1.49. The molecule has 0 aromatic carbocycles. The van der Waals surface area contributed by atoms with Crippen LogP contribution in [0.3, 0.4) is 0 Å². The first-order valence-corrected chi connectivity index (χ1v) is 2.09. The SMILES string of the molecule is O=[C-][N+]1([C-]=O)COC1=O.[U+2]. The van der Waals surface area contributed by atoms with Crippen LogP contribution in [0.25, 0.3) is 0 Å². The molecular weight excluding hydrogens is 364 g/mol. The van der Waals surface area contributed by atoms with E-state index in [0.717, 1.165) is 0 Å². The smallest absolute Gasteiger partial charge is 0.477 e. The molecule has 10 heavy (non-hydrogen) atoms. The molecule has 1 heterocycles. The molecule has 0 unspecified atom stereocenters. The van der Waals surface area contributed by atoms with Gasteiger partial charge in [0, 0.05) is 0 Å². The van der Waals surface area contributed by atoms with E-state index in [1.165, 1.54) is 12.8 Å². The third-order valence-electron chi connectivity index (χ3n) is 1.01. The zero-order valence-corrected chi connectivity index (χ0v) is 8.95. The zero-order valence-electron chi connectivity index (χ0n) is 4.79. The quantitative estimate of drug-likeness (QED) is 0.467. The van der Waals surface area contributed by atoms with E-state index < -0.39 is 10.6 Å². The molecule has 0 spiro atoms. The molecule has 0 aromatic heterocycles. The molecule has 1 aliphatic heterocycles. The van der Waals surface area contributed by atoms with E-state index in [9.17, 15) is 14.4 Å². The molecule has 0 radical (unpaired) electrons. The van der Waals surface area contributed by atoms with Crippen molar-refractivity contribution in [2.45, 2.75) is 0 Å². The van der Waals surface area contributed by atoms with Crippen LogP contribution < -0.4 is 0 Å². The zero-order chi connectivity index (χ0) is 6.91. The van der Waals surface area contributed by atoms with Crippen LogP contribution in [0.2, 0.25) is 0 Å². The molecule has 0 N–H and O–H groups in total. The molecule has 0 atom stereocenters. The fourth-order valence-electron chi connectivity index (χ4n) is 0.392. The first kappa shape index (κ1) is 9.82. The Morgan fingerprint density at radius 1 is 1.40 bits per heavy atom. The number of carbonyl (C=O) groups is 1. The van der Waals surface area contributed by atoms with E-state index >= 15 is 0 Å². The number of hydrogen-bond donors (Lipinski definition) is 0. The van der Waals surface area contributed by atoms with Crippen molar-refractivity contribution in [2.24, 2.45) is 0 Å². The number of carbonyl (C=O) groups excluding carboxylic acids is 3. The summed E-state index contributed by atoms with van der Waals surface area (Å²) >= 11 is 0. The van der Waals surface area contributed by atoms with Gasteiger partial charge in [0.25, 0.3) is 0 Å². The molecule has 5 nitrogen and oxygen atoms in total. The van der Waals surface area contributed by atoms with Crippen molar-refractivity contribution in [2.75, 3.05) is 6.73 Å². The standard InChI is InChI=1S/C4H2NO4.U/c6-1-5(2-7)3-9-4(5)8;/h3H2;/q-1;+2. The molecule has 1 aliphatic rings. The molecule has 0 aliphatic carbocycles. The summed E-state index contributed by atoms with van der Waals surface area (Å²) < 4.78 is 3.04. The number of ether oxygens (including phenoxy) is 1. The van der Waals surface area contributed by atoms with Crippen LogP contribution in [0.15, 0.2) is 0 Å². The van der Waals surface area contributed by atoms with Gasteiger partial charge in [-0.25, -0.2) is 0 Å². The minimum atomic E-state index is -1.10. The Balaban J connectivity index is 0.000000810. The largest absolute Gasteiger partial charge is 2.00 e. The number of quaternary nitrogens is 1. The Bertz CT molecular complexity index is 172. The molecule has 6 heteroatoms. The molecule has 0 aromatic rings. The number of rotatable bonds is 2. The first-order valence-electron chi connectivity index (χ1n) is 2.09. The Labute approximate surface area is 80.3 Å². The second kappa shape index (κ2) is 3.28. The summed E-state index contributed by atoms with van der Waals surface area (Å²) in [5.74, 6) is 0. The van der Waals surface area contributed by atoms with Crippen molar-refractivity contribution in [3.05, 3.63) is 0 Å². The molecular formula is C4H2NO4U+. The Hall–Kier alpha value is -0.178. The monoisotopic (exact) mass is 366 g/mol. The molecule has 1 rings (SSSR count). The molecule has 0 saturated carbocycles. The summed E-state index contributed by atoms with van der Waals surface area (Å²) in [5.41, 5.74) is 0. The van der Waals surface area contributed by atoms with Crippen molar-refractivity contribution < 1.29 is 54.7 Å². The van der Waals surface area contributed by atoms with E-state index in [2.05, 4.69) is 4.74 Å². The van der Waals surface area contributed by atoms with E-state index in [4.69, 9.17) is 0 Å². The maximum Gasteiger partial charge on any atom is 2.00 e. The summed E-state index contributed by atoms with van der Waals surface area (Å²) in [6.45, 7) is -0.272. The van der Waals surface area contributed by atoms with Gasteiger partial charge in [-0.15, -0.1) is 0 Å². The van der Waals surface area contributed by atoms with Gasteiger partial charge in [0.1, 0.15) is 0 Å². The van der Waals surface area contributed by atoms with Gasteiger partial charge < -0.3 is 18.8 Å². The number of amides is 3. The minimum absolute atomic E-state index is 0. The number of imide groups is 3. The molecule has 3 amide bonds. The van der Waals surface area contributed by atoms with E-state index in [1.54, 1.807) is 0 Å². The molecule has 1 saturated heterocycles. The summed E-state index contributed by atoms with van der Waals surface area (Å²) in [6, 6.07) is 0. The average molecular weight is 366 g/mol. The molecule has 50 valence electrons. The Morgan fingerprint density at radius 3 is 1.90 bits per heavy atom. The predicted molar refractivity (Wildman–Crippen MR) is 23.0 cm³/mol. The second-order valence-electron chi connectivity index (χ2n) is 1.53. The van der Waals surface area contributed by atoms with Crippen molar-refractivity contribution >= 4 is 18.9 Å². The fraction of sp³-hybridized carbons (Fsp3) is 0.250. The van der Waals surface area contributed by atoms with Crippen molar-refractivity contribution in [3.63, 3.8) is 0 Å². The average Bonchev–Trinajstić information content (AvgIpc) is 1.89. The summed E-state index contributed by atoms with van der Waals surface area (Å²) in [7, 11) is 0. The van der Waals surface area contributed by atoms with E-state index in [-0.39, 0.29) is 37.8 Å². The van der Waals surface area contributed by atoms with Crippen molar-refractivity contribution in [3.8, 4) is 0 Å². The van der Waals surface area contributed by atoms with Gasteiger partial charge in [-0.1, -0.05) is 0 Å². The van der Waals surface area contributed by atoms with Gasteiger partial charge in [0.2, 0.25) is 6.73 Å². The maximum absolute atomic E-state index is 10.2. The topological polar surface area (TPSA) is 60.4 Å². The Morgan fingerprint density at radius 2 is 1.90 bits per heavy atom. The Kier molecular flexibility index (Phi) is 3.22. The van der Waals surface area contributed by atoms with Crippen molar-refractivity contribution in [1.29, 1.82) is 0 Å². The fourth-order valence-corrected chi connectivity index (χ4v) is 0.392. The first-order chi connectivity index (χ1) is 4.25. The minimum Gasteiger partial charge on any atom is -0.477 e. The summed E-state index contributed by atoms with van der Waals surface area (Å²) in [5, 5.41) is 0. The number of cyclic esters (lactones) is 1. The van der Waals surface area contributed by atoms with Gasteiger partial charge in [0.05, 0.1) is 0 Å². The van der Waals surface area contributed by atoms with Crippen LogP contribution in [0.4, 0.5) is 4.79 Å². The van der Waals surface area contributed by atoms with Crippen molar-refractivity contribution in [1.82, 2.24) is 0 Å². The number of nitrogens with zero attached hydrogens (tertiary/aromatic N) is 1. The van der Waals surface area contributed by atoms with Crippen LogP contribution in [-0.2, 0) is 14.3 Å². The van der Waals surface area contributed by atoms with Crippen LogP contribution in [0, 0.1) is 31.1 Å². The maximum atomic E-state index is 10.2. The van der Waals surface area contributed by atoms with E-state index in [0.29, 0.717) is 0 Å². The third-order valence-corrected chi connectivity index (χ3v) is 1.01. The van der Waals surface area contributed by atoms with Gasteiger partial charge >= 0.3 is 37.2 Å². The second-order valence-corrected chi connectivity index (χ2v) is 1.53. The van der Waals surface area contributed by atoms with E-state index in [1.807, 2.05) is 0 Å². The third kappa shape index (κ3) is 1.15. The van der Waals surface area contributed by atoms with Crippen LogP contribution in [0.1, 0.15) is 0 Å². The van der Waals surface area contributed by atoms with Gasteiger partial charge in [-0.2, -0.15) is 4.79 Å². The van der Waals surface area contributed by atoms with Gasteiger partial charge in [0.15, 0.2) is 0 Å².